The molecule has 17 heavy (non-hydrogen) atoms. The van der Waals surface area contributed by atoms with E-state index < -0.39 is 0 Å². The van der Waals surface area contributed by atoms with Crippen LogP contribution < -0.4 is 5.32 Å². The number of aliphatic hydroxyl groups excluding tert-OH is 1. The second-order valence-electron chi connectivity index (χ2n) is 4.12. The van der Waals surface area contributed by atoms with Crippen LogP contribution in [0.15, 0.2) is 30.3 Å². The van der Waals surface area contributed by atoms with Gasteiger partial charge in [-0.2, -0.15) is 5.10 Å². The summed E-state index contributed by atoms with van der Waals surface area (Å²) in [6.07, 6.45) is 0. The summed E-state index contributed by atoms with van der Waals surface area (Å²) in [5.41, 5.74) is 3.23. The fourth-order valence-electron chi connectivity index (χ4n) is 1.60. The van der Waals surface area contributed by atoms with Gasteiger partial charge >= 0.3 is 0 Å². The number of hydrogen-bond donors (Lipinski definition) is 2. The lowest BCUT2D eigenvalue weighted by molar-refractivity contribution is 0.282. The number of benzene rings is 1. The molecule has 0 aliphatic carbocycles. The maximum atomic E-state index is 8.94. The number of aromatic nitrogens is 2. The zero-order chi connectivity index (χ0) is 12.3. The highest BCUT2D eigenvalue weighted by Gasteiger charge is 2.00. The molecule has 0 bridgehead atoms. The molecule has 0 amide bonds. The molecule has 2 aromatic rings. The van der Waals surface area contributed by atoms with Gasteiger partial charge in [0.2, 0.25) is 0 Å². The Kier molecular flexibility index (Phi) is 3.44. The molecular weight excluding hydrogens is 214 g/mol. The van der Waals surface area contributed by atoms with Gasteiger partial charge in [0.15, 0.2) is 0 Å². The van der Waals surface area contributed by atoms with Crippen molar-refractivity contribution in [3.8, 4) is 0 Å². The van der Waals surface area contributed by atoms with Gasteiger partial charge in [-0.15, -0.1) is 0 Å². The zero-order valence-corrected chi connectivity index (χ0v) is 10.1. The molecule has 0 aliphatic heterocycles. The Hall–Kier alpha value is -1.81. The Morgan fingerprint density at radius 2 is 1.88 bits per heavy atom. The van der Waals surface area contributed by atoms with Gasteiger partial charge in [0.1, 0.15) is 5.82 Å². The largest absolute Gasteiger partial charge is 0.392 e. The van der Waals surface area contributed by atoms with Crippen LogP contribution in [-0.4, -0.2) is 14.9 Å². The number of anilines is 1. The van der Waals surface area contributed by atoms with Gasteiger partial charge in [0.25, 0.3) is 0 Å². The molecular formula is C13H17N3O. The predicted octanol–water partition coefficient (Wildman–Crippen LogP) is 1.83. The Bertz CT molecular complexity index is 468. The third kappa shape index (κ3) is 2.85. The molecule has 2 rings (SSSR count). The molecule has 1 heterocycles. The molecule has 2 N–H and O–H groups in total. The highest BCUT2D eigenvalue weighted by Crippen LogP contribution is 2.10. The molecule has 1 aromatic carbocycles. The zero-order valence-electron chi connectivity index (χ0n) is 10.1. The highest BCUT2D eigenvalue weighted by atomic mass is 16.3. The number of aliphatic hydroxyl groups is 1. The van der Waals surface area contributed by atoms with Gasteiger partial charge < -0.3 is 10.4 Å². The third-order valence-corrected chi connectivity index (χ3v) is 2.79. The van der Waals surface area contributed by atoms with E-state index in [9.17, 15) is 0 Å². The van der Waals surface area contributed by atoms with E-state index in [1.165, 1.54) is 5.56 Å². The van der Waals surface area contributed by atoms with Crippen LogP contribution in [0.4, 0.5) is 5.82 Å². The van der Waals surface area contributed by atoms with Crippen molar-refractivity contribution < 1.29 is 5.11 Å². The highest BCUT2D eigenvalue weighted by molar-refractivity contribution is 5.37. The van der Waals surface area contributed by atoms with Gasteiger partial charge in [-0.25, -0.2) is 0 Å². The minimum Gasteiger partial charge on any atom is -0.392 e. The lowest BCUT2D eigenvalue weighted by atomic mass is 10.1. The summed E-state index contributed by atoms with van der Waals surface area (Å²) in [5, 5.41) is 16.5. The molecule has 1 aromatic heterocycles. The van der Waals surface area contributed by atoms with Crippen LogP contribution in [0.1, 0.15) is 16.8 Å². The van der Waals surface area contributed by atoms with E-state index in [1.54, 1.807) is 0 Å². The van der Waals surface area contributed by atoms with Crippen LogP contribution >= 0.6 is 0 Å². The van der Waals surface area contributed by atoms with Crippen molar-refractivity contribution in [3.05, 3.63) is 47.2 Å². The van der Waals surface area contributed by atoms with E-state index in [1.807, 2.05) is 49.0 Å². The van der Waals surface area contributed by atoms with Crippen LogP contribution in [0.3, 0.4) is 0 Å². The lowest BCUT2D eigenvalue weighted by Gasteiger charge is -2.04. The maximum Gasteiger partial charge on any atom is 0.148 e. The molecule has 0 spiro atoms. The average molecular weight is 231 g/mol. The summed E-state index contributed by atoms with van der Waals surface area (Å²) < 4.78 is 1.84. The molecule has 4 nitrogen and oxygen atoms in total. The standard InChI is InChI=1S/C13H17N3O/c1-10-7-13(15-16(10)2)14-8-11-3-5-12(9-17)6-4-11/h3-7,17H,8-9H2,1-2H3,(H,14,15). The van der Waals surface area contributed by atoms with Crippen LogP contribution in [0.5, 0.6) is 0 Å². The molecule has 0 atom stereocenters. The number of hydrogen-bond acceptors (Lipinski definition) is 3. The first-order valence-electron chi connectivity index (χ1n) is 5.62. The van der Waals surface area contributed by atoms with Gasteiger partial charge in [-0.3, -0.25) is 4.68 Å². The fraction of sp³-hybridized carbons (Fsp3) is 0.308. The third-order valence-electron chi connectivity index (χ3n) is 2.79. The summed E-state index contributed by atoms with van der Waals surface area (Å²) >= 11 is 0. The van der Waals surface area contributed by atoms with Crippen molar-refractivity contribution in [1.82, 2.24) is 9.78 Å². The summed E-state index contributed by atoms with van der Waals surface area (Å²) in [6.45, 7) is 2.85. The average Bonchev–Trinajstić information content (AvgIpc) is 2.67. The number of aryl methyl sites for hydroxylation is 2. The molecule has 0 unspecified atom stereocenters. The van der Waals surface area contributed by atoms with Crippen LogP contribution in [0.2, 0.25) is 0 Å². The maximum absolute atomic E-state index is 8.94. The van der Waals surface area contributed by atoms with E-state index in [4.69, 9.17) is 5.11 Å². The molecule has 90 valence electrons. The van der Waals surface area contributed by atoms with Crippen molar-refractivity contribution in [2.75, 3.05) is 5.32 Å². The van der Waals surface area contributed by atoms with E-state index >= 15 is 0 Å². The molecule has 0 saturated carbocycles. The molecule has 0 aliphatic rings. The first-order valence-corrected chi connectivity index (χ1v) is 5.62. The molecule has 0 radical (unpaired) electrons. The Morgan fingerprint density at radius 1 is 1.24 bits per heavy atom. The quantitative estimate of drug-likeness (QED) is 0.844. The van der Waals surface area contributed by atoms with Gasteiger partial charge in [0.05, 0.1) is 6.61 Å². The van der Waals surface area contributed by atoms with Crippen LogP contribution in [0, 0.1) is 6.92 Å². The monoisotopic (exact) mass is 231 g/mol. The van der Waals surface area contributed by atoms with Crippen molar-refractivity contribution in [2.24, 2.45) is 7.05 Å². The smallest absolute Gasteiger partial charge is 0.148 e. The van der Waals surface area contributed by atoms with Crippen molar-refractivity contribution >= 4 is 5.82 Å². The van der Waals surface area contributed by atoms with Crippen molar-refractivity contribution in [2.45, 2.75) is 20.1 Å². The topological polar surface area (TPSA) is 50.1 Å². The van der Waals surface area contributed by atoms with Crippen LogP contribution in [-0.2, 0) is 20.2 Å². The van der Waals surface area contributed by atoms with E-state index in [-0.39, 0.29) is 6.61 Å². The molecule has 0 fully saturated rings. The number of rotatable bonds is 4. The summed E-state index contributed by atoms with van der Waals surface area (Å²) in [7, 11) is 1.93. The van der Waals surface area contributed by atoms with E-state index in [0.29, 0.717) is 0 Å². The minimum absolute atomic E-state index is 0.0904. The summed E-state index contributed by atoms with van der Waals surface area (Å²) in [4.78, 5) is 0. The first kappa shape index (κ1) is 11.7. The Balaban J connectivity index is 1.97. The van der Waals surface area contributed by atoms with Gasteiger partial charge in [-0.05, 0) is 18.1 Å². The predicted molar refractivity (Wildman–Crippen MR) is 67.6 cm³/mol. The normalized spacial score (nSPS) is 10.5. The van der Waals surface area contributed by atoms with Crippen molar-refractivity contribution in [3.63, 3.8) is 0 Å². The first-order chi connectivity index (χ1) is 8.19. The van der Waals surface area contributed by atoms with Gasteiger partial charge in [0, 0.05) is 25.4 Å². The van der Waals surface area contributed by atoms with E-state index in [0.717, 1.165) is 23.6 Å². The lowest BCUT2D eigenvalue weighted by Crippen LogP contribution is -2.01. The summed E-state index contributed by atoms with van der Waals surface area (Å²) in [5.74, 6) is 0.885. The Labute approximate surface area is 101 Å². The van der Waals surface area contributed by atoms with Crippen LogP contribution in [0.25, 0.3) is 0 Å². The summed E-state index contributed by atoms with van der Waals surface area (Å²) in [6, 6.07) is 9.90. The second-order valence-corrected chi connectivity index (χ2v) is 4.12. The fourth-order valence-corrected chi connectivity index (χ4v) is 1.60. The van der Waals surface area contributed by atoms with Gasteiger partial charge in [-0.1, -0.05) is 24.3 Å². The Morgan fingerprint density at radius 3 is 2.41 bits per heavy atom. The minimum atomic E-state index is 0.0904. The molecule has 4 heteroatoms. The SMILES string of the molecule is Cc1cc(NCc2ccc(CO)cc2)nn1C. The van der Waals surface area contributed by atoms with E-state index in [2.05, 4.69) is 10.4 Å². The molecule has 0 saturated heterocycles. The second kappa shape index (κ2) is 5.01. The number of nitrogens with one attached hydrogen (secondary N) is 1. The van der Waals surface area contributed by atoms with Crippen molar-refractivity contribution in [1.29, 1.82) is 0 Å². The number of nitrogens with zero attached hydrogens (tertiary/aromatic N) is 2.